The molecule has 0 radical (unpaired) electrons. The van der Waals surface area contributed by atoms with Gasteiger partial charge in [-0.15, -0.1) is 11.3 Å². The number of thiophene rings is 1. The first-order valence-corrected chi connectivity index (χ1v) is 7.56. The lowest BCUT2D eigenvalue weighted by Gasteiger charge is -2.37. The van der Waals surface area contributed by atoms with Gasteiger partial charge in [-0.1, -0.05) is 0 Å². The summed E-state index contributed by atoms with van der Waals surface area (Å²) in [7, 11) is 0. The maximum atomic E-state index is 11.3. The molecule has 0 atom stereocenters. The van der Waals surface area contributed by atoms with Crippen molar-refractivity contribution in [3.05, 3.63) is 17.3 Å². The van der Waals surface area contributed by atoms with Crippen LogP contribution in [0.1, 0.15) is 25.3 Å². The quantitative estimate of drug-likeness (QED) is 0.921. The fourth-order valence-electron chi connectivity index (χ4n) is 2.61. The van der Waals surface area contributed by atoms with Crippen molar-refractivity contribution in [3.63, 3.8) is 0 Å². The van der Waals surface area contributed by atoms with Gasteiger partial charge in [0.2, 0.25) is 0 Å². The largest absolute Gasteiger partial charge is 0.481 e. The van der Waals surface area contributed by atoms with E-state index in [9.17, 15) is 9.90 Å². The van der Waals surface area contributed by atoms with Crippen LogP contribution in [-0.2, 0) is 4.79 Å². The van der Waals surface area contributed by atoms with E-state index in [4.69, 9.17) is 0 Å². The van der Waals surface area contributed by atoms with Crippen LogP contribution in [0.25, 0.3) is 10.2 Å². The summed E-state index contributed by atoms with van der Waals surface area (Å²) in [4.78, 5) is 22.2. The van der Waals surface area contributed by atoms with Gasteiger partial charge in [0.25, 0.3) is 0 Å². The van der Waals surface area contributed by atoms with Crippen LogP contribution in [0.3, 0.4) is 0 Å². The number of nitrogens with zero attached hydrogens (tertiary/aromatic N) is 3. The predicted octanol–water partition coefficient (Wildman–Crippen LogP) is 2.69. The number of hydrogen-bond donors (Lipinski definition) is 1. The second kappa shape index (κ2) is 4.70. The molecule has 2 aromatic heterocycles. The van der Waals surface area contributed by atoms with E-state index in [1.54, 1.807) is 17.7 Å². The molecule has 3 rings (SSSR count). The molecule has 5 nitrogen and oxygen atoms in total. The number of aliphatic carboxylic acids is 1. The van der Waals surface area contributed by atoms with Gasteiger partial charge >= 0.3 is 5.97 Å². The predicted molar refractivity (Wildman–Crippen MR) is 79.3 cm³/mol. The van der Waals surface area contributed by atoms with E-state index in [0.717, 1.165) is 29.1 Å². The Morgan fingerprint density at radius 3 is 2.75 bits per heavy atom. The molecular formula is C14H17N3O2S. The molecule has 1 aliphatic rings. The summed E-state index contributed by atoms with van der Waals surface area (Å²) in [6.07, 6.45) is 2.90. The number of carbonyl (C=O) groups is 1. The number of aromatic nitrogens is 2. The fraction of sp³-hybridized carbons (Fsp3) is 0.500. The lowest BCUT2D eigenvalue weighted by molar-refractivity contribution is -0.149. The molecule has 1 N–H and O–H groups in total. The van der Waals surface area contributed by atoms with Crippen molar-refractivity contribution in [1.82, 2.24) is 9.97 Å². The van der Waals surface area contributed by atoms with Crippen LogP contribution in [0.15, 0.2) is 11.7 Å². The van der Waals surface area contributed by atoms with Crippen molar-refractivity contribution in [2.75, 3.05) is 18.0 Å². The smallest absolute Gasteiger partial charge is 0.309 e. The van der Waals surface area contributed by atoms with Gasteiger partial charge in [-0.3, -0.25) is 4.79 Å². The average Bonchev–Trinajstić information content (AvgIpc) is 2.82. The highest BCUT2D eigenvalue weighted by Crippen LogP contribution is 2.36. The number of piperidine rings is 1. The maximum Gasteiger partial charge on any atom is 0.309 e. The van der Waals surface area contributed by atoms with Gasteiger partial charge in [-0.05, 0) is 37.6 Å². The van der Waals surface area contributed by atoms with Gasteiger partial charge in [0.1, 0.15) is 12.1 Å². The molecule has 1 saturated heterocycles. The number of carboxylic acid groups (broad SMARTS) is 1. The first-order chi connectivity index (χ1) is 9.51. The van der Waals surface area contributed by atoms with Gasteiger partial charge in [0.05, 0.1) is 15.6 Å². The average molecular weight is 291 g/mol. The van der Waals surface area contributed by atoms with Crippen LogP contribution in [0, 0.1) is 12.3 Å². The number of fused-ring (bicyclic) bond motifs is 1. The Bertz CT molecular complexity index is 659. The topological polar surface area (TPSA) is 66.3 Å². The molecule has 0 aromatic carbocycles. The van der Waals surface area contributed by atoms with Crippen molar-refractivity contribution >= 4 is 33.3 Å². The van der Waals surface area contributed by atoms with Gasteiger partial charge in [-0.25, -0.2) is 9.97 Å². The Kier molecular flexibility index (Phi) is 3.12. The summed E-state index contributed by atoms with van der Waals surface area (Å²) in [6.45, 7) is 5.34. The number of carboxylic acids is 1. The lowest BCUT2D eigenvalue weighted by Crippen LogP contribution is -2.43. The molecule has 1 aliphatic heterocycles. The molecular weight excluding hydrogens is 274 g/mol. The molecule has 2 aromatic rings. The first kappa shape index (κ1) is 13.3. The zero-order valence-electron chi connectivity index (χ0n) is 11.6. The van der Waals surface area contributed by atoms with Crippen molar-refractivity contribution in [3.8, 4) is 0 Å². The van der Waals surface area contributed by atoms with E-state index in [1.807, 2.05) is 13.8 Å². The molecule has 0 aliphatic carbocycles. The van der Waals surface area contributed by atoms with Crippen molar-refractivity contribution in [2.45, 2.75) is 26.7 Å². The van der Waals surface area contributed by atoms with Crippen LogP contribution in [0.5, 0.6) is 0 Å². The number of aryl methyl sites for hydroxylation is 1. The molecule has 0 amide bonds. The van der Waals surface area contributed by atoms with Crippen LogP contribution in [-0.4, -0.2) is 34.1 Å². The third-order valence-electron chi connectivity index (χ3n) is 4.19. The molecule has 1 fully saturated rings. The molecule has 20 heavy (non-hydrogen) atoms. The molecule has 3 heterocycles. The molecule has 0 bridgehead atoms. The van der Waals surface area contributed by atoms with E-state index in [-0.39, 0.29) is 0 Å². The second-order valence-electron chi connectivity index (χ2n) is 5.65. The Hall–Kier alpha value is -1.69. The molecule has 6 heteroatoms. The van der Waals surface area contributed by atoms with Crippen LogP contribution >= 0.6 is 11.3 Å². The Labute approximate surface area is 121 Å². The van der Waals surface area contributed by atoms with Crippen molar-refractivity contribution < 1.29 is 9.90 Å². The number of rotatable bonds is 2. The minimum absolute atomic E-state index is 0.603. The normalized spacial score (nSPS) is 18.4. The first-order valence-electron chi connectivity index (χ1n) is 6.68. The highest BCUT2D eigenvalue weighted by molar-refractivity contribution is 7.18. The highest BCUT2D eigenvalue weighted by atomic mass is 32.1. The van der Waals surface area contributed by atoms with E-state index in [2.05, 4.69) is 20.2 Å². The van der Waals surface area contributed by atoms with Gasteiger partial charge < -0.3 is 10.0 Å². The van der Waals surface area contributed by atoms with E-state index < -0.39 is 11.4 Å². The Balaban J connectivity index is 1.89. The summed E-state index contributed by atoms with van der Waals surface area (Å²) < 4.78 is 1.10. The summed E-state index contributed by atoms with van der Waals surface area (Å²) in [5.41, 5.74) is 1.57. The number of anilines is 1. The SMILES string of the molecule is Cc1csc2c(N3CCC(C)(C(=O)O)CC3)ncnc12. The Morgan fingerprint density at radius 2 is 2.10 bits per heavy atom. The molecule has 106 valence electrons. The minimum atomic E-state index is -0.697. The third kappa shape index (κ3) is 2.04. The maximum absolute atomic E-state index is 11.3. The highest BCUT2D eigenvalue weighted by Gasteiger charge is 2.37. The van der Waals surface area contributed by atoms with Crippen molar-refractivity contribution in [2.24, 2.45) is 5.41 Å². The van der Waals surface area contributed by atoms with Gasteiger partial charge in [-0.2, -0.15) is 0 Å². The summed E-state index contributed by atoms with van der Waals surface area (Å²) in [6, 6.07) is 0. The lowest BCUT2D eigenvalue weighted by atomic mass is 9.80. The Morgan fingerprint density at radius 1 is 1.40 bits per heavy atom. The molecule has 0 unspecified atom stereocenters. The minimum Gasteiger partial charge on any atom is -0.481 e. The zero-order chi connectivity index (χ0) is 14.3. The van der Waals surface area contributed by atoms with E-state index in [1.165, 1.54) is 5.56 Å². The summed E-state index contributed by atoms with van der Waals surface area (Å²) in [5, 5.41) is 11.4. The zero-order valence-corrected chi connectivity index (χ0v) is 12.4. The van der Waals surface area contributed by atoms with Crippen molar-refractivity contribution in [1.29, 1.82) is 0 Å². The van der Waals surface area contributed by atoms with Crippen LogP contribution in [0.4, 0.5) is 5.82 Å². The third-order valence-corrected chi connectivity index (χ3v) is 5.28. The molecule has 0 saturated carbocycles. The van der Waals surface area contributed by atoms with Crippen LogP contribution in [0.2, 0.25) is 0 Å². The van der Waals surface area contributed by atoms with E-state index in [0.29, 0.717) is 12.8 Å². The van der Waals surface area contributed by atoms with Gasteiger partial charge in [0, 0.05) is 13.1 Å². The summed E-state index contributed by atoms with van der Waals surface area (Å²) >= 11 is 1.66. The fourth-order valence-corrected chi connectivity index (χ4v) is 3.63. The monoisotopic (exact) mass is 291 g/mol. The second-order valence-corrected chi connectivity index (χ2v) is 6.53. The van der Waals surface area contributed by atoms with E-state index >= 15 is 0 Å². The summed E-state index contributed by atoms with van der Waals surface area (Å²) in [5.74, 6) is 0.248. The molecule has 0 spiro atoms. The standard InChI is InChI=1S/C14H17N3O2S/c1-9-7-20-11-10(9)15-8-16-12(11)17-5-3-14(2,4-6-17)13(18)19/h7-8H,3-6H2,1-2H3,(H,18,19). The van der Waals surface area contributed by atoms with Crippen LogP contribution < -0.4 is 4.90 Å². The van der Waals surface area contributed by atoms with Gasteiger partial charge in [0.15, 0.2) is 0 Å². The number of hydrogen-bond acceptors (Lipinski definition) is 5.